The van der Waals surface area contributed by atoms with Gasteiger partial charge in [-0.25, -0.2) is 0 Å². The fourth-order valence-corrected chi connectivity index (χ4v) is 4.51. The Hall–Kier alpha value is -0.700. The predicted molar refractivity (Wildman–Crippen MR) is 101 cm³/mol. The van der Waals surface area contributed by atoms with Crippen LogP contribution in [0, 0.1) is 5.92 Å². The molecule has 0 spiro atoms. The lowest BCUT2D eigenvalue weighted by Crippen LogP contribution is -2.57. The van der Waals surface area contributed by atoms with Crippen molar-refractivity contribution in [1.82, 2.24) is 5.32 Å². The summed E-state index contributed by atoms with van der Waals surface area (Å²) < 4.78 is 0. The monoisotopic (exact) mass is 337 g/mol. The molecule has 0 bridgehead atoms. The summed E-state index contributed by atoms with van der Waals surface area (Å²) in [5.41, 5.74) is 0.263. The van der Waals surface area contributed by atoms with Crippen LogP contribution in [-0.2, 0) is 9.59 Å². The predicted octanol–water partition coefficient (Wildman–Crippen LogP) is 5.21. The van der Waals surface area contributed by atoms with E-state index in [2.05, 4.69) is 33.0 Å². The molecule has 0 aliphatic carbocycles. The Bertz CT molecular complexity index is 396. The molecule has 0 amide bonds. The lowest BCUT2D eigenvalue weighted by atomic mass is 9.74. The molecule has 24 heavy (non-hydrogen) atoms. The van der Waals surface area contributed by atoms with Crippen LogP contribution < -0.4 is 5.32 Å². The second-order valence-electron chi connectivity index (χ2n) is 9.23. The zero-order valence-electron chi connectivity index (χ0n) is 16.7. The van der Waals surface area contributed by atoms with Crippen LogP contribution in [0.5, 0.6) is 0 Å². The van der Waals surface area contributed by atoms with E-state index in [1.807, 2.05) is 0 Å². The van der Waals surface area contributed by atoms with Gasteiger partial charge in [0.15, 0.2) is 0 Å². The van der Waals surface area contributed by atoms with Gasteiger partial charge in [0.2, 0.25) is 0 Å². The summed E-state index contributed by atoms with van der Waals surface area (Å²) in [5, 5.41) is 3.69. The molecule has 0 atom stereocenters. The summed E-state index contributed by atoms with van der Waals surface area (Å²) in [7, 11) is 0. The first-order valence-electron chi connectivity index (χ1n) is 9.90. The number of ketones is 2. The highest BCUT2D eigenvalue weighted by atomic mass is 16.1. The number of carbonyl (C=O) groups is 2. The molecule has 3 heteroatoms. The van der Waals surface area contributed by atoms with Gasteiger partial charge in [0.05, 0.1) is 0 Å². The number of carbonyl (C=O) groups excluding carboxylic acids is 2. The Morgan fingerprint density at radius 2 is 1.29 bits per heavy atom. The van der Waals surface area contributed by atoms with Gasteiger partial charge in [0.1, 0.15) is 11.6 Å². The largest absolute Gasteiger partial charge is 0.307 e. The minimum absolute atomic E-state index is 0.132. The molecule has 0 aromatic rings. The van der Waals surface area contributed by atoms with E-state index < -0.39 is 0 Å². The third kappa shape index (κ3) is 9.56. The van der Waals surface area contributed by atoms with Crippen LogP contribution in [-0.4, -0.2) is 22.6 Å². The smallest absolute Gasteiger partial charge is 0.133 e. The van der Waals surface area contributed by atoms with Crippen LogP contribution >= 0.6 is 0 Å². The van der Waals surface area contributed by atoms with E-state index in [9.17, 15) is 9.59 Å². The SMILES string of the molecule is CC(=O)CCCCCCCCC(=O)CC1CC(C)(C)NC(C)(C)C1. The Labute approximate surface area is 149 Å². The molecular weight excluding hydrogens is 298 g/mol. The van der Waals surface area contributed by atoms with Crippen LogP contribution in [0.25, 0.3) is 0 Å². The van der Waals surface area contributed by atoms with Crippen LogP contribution in [0.3, 0.4) is 0 Å². The molecule has 0 aromatic heterocycles. The van der Waals surface area contributed by atoms with Crippen molar-refractivity contribution in [3.05, 3.63) is 0 Å². The summed E-state index contributed by atoms with van der Waals surface area (Å²) in [6.45, 7) is 10.7. The van der Waals surface area contributed by atoms with Crippen LogP contribution in [0.2, 0.25) is 0 Å². The van der Waals surface area contributed by atoms with E-state index in [4.69, 9.17) is 0 Å². The van der Waals surface area contributed by atoms with Crippen molar-refractivity contribution in [2.75, 3.05) is 0 Å². The Balaban J connectivity index is 2.12. The summed E-state index contributed by atoms with van der Waals surface area (Å²) in [6, 6.07) is 0. The fraction of sp³-hybridized carbons (Fsp3) is 0.905. The van der Waals surface area contributed by atoms with E-state index in [0.717, 1.165) is 57.8 Å². The van der Waals surface area contributed by atoms with Gasteiger partial charge < -0.3 is 10.1 Å². The van der Waals surface area contributed by atoms with Gasteiger partial charge in [-0.1, -0.05) is 25.7 Å². The van der Waals surface area contributed by atoms with E-state index >= 15 is 0 Å². The molecule has 0 unspecified atom stereocenters. The van der Waals surface area contributed by atoms with E-state index in [0.29, 0.717) is 17.5 Å². The summed E-state index contributed by atoms with van der Waals surface area (Å²) in [4.78, 5) is 23.1. The molecule has 1 heterocycles. The van der Waals surface area contributed by atoms with Gasteiger partial charge >= 0.3 is 0 Å². The zero-order valence-corrected chi connectivity index (χ0v) is 16.7. The molecule has 140 valence electrons. The van der Waals surface area contributed by atoms with Gasteiger partial charge in [-0.15, -0.1) is 0 Å². The maximum Gasteiger partial charge on any atom is 0.133 e. The Morgan fingerprint density at radius 3 is 1.79 bits per heavy atom. The summed E-state index contributed by atoms with van der Waals surface area (Å²) in [6.07, 6.45) is 11.2. The van der Waals surface area contributed by atoms with Gasteiger partial charge in [-0.2, -0.15) is 0 Å². The van der Waals surface area contributed by atoms with Crippen molar-refractivity contribution in [2.45, 2.75) is 116 Å². The molecule has 1 aliphatic heterocycles. The molecule has 0 aromatic carbocycles. The second-order valence-corrected chi connectivity index (χ2v) is 9.23. The van der Waals surface area contributed by atoms with Crippen molar-refractivity contribution in [1.29, 1.82) is 0 Å². The van der Waals surface area contributed by atoms with Gasteiger partial charge in [-0.3, -0.25) is 4.79 Å². The number of hydrogen-bond donors (Lipinski definition) is 1. The standard InChI is InChI=1S/C21H39NO2/c1-17(23)12-10-8-6-7-9-11-13-19(24)14-18-15-20(2,3)22-21(4,5)16-18/h18,22H,6-16H2,1-5H3. The van der Waals surface area contributed by atoms with Crippen molar-refractivity contribution >= 4 is 11.6 Å². The summed E-state index contributed by atoms with van der Waals surface area (Å²) in [5.74, 6) is 1.27. The minimum atomic E-state index is 0.132. The molecule has 0 radical (unpaired) electrons. The number of hydrogen-bond acceptors (Lipinski definition) is 3. The van der Waals surface area contributed by atoms with E-state index in [1.54, 1.807) is 6.92 Å². The first-order valence-corrected chi connectivity index (χ1v) is 9.90. The van der Waals surface area contributed by atoms with Crippen LogP contribution in [0.1, 0.15) is 105 Å². The highest BCUT2D eigenvalue weighted by Gasteiger charge is 2.37. The molecule has 1 saturated heterocycles. The first-order chi connectivity index (χ1) is 11.1. The molecule has 3 nitrogen and oxygen atoms in total. The number of Topliss-reactive ketones (excluding diaryl/α,β-unsaturated/α-hetero) is 2. The van der Waals surface area contributed by atoms with Crippen molar-refractivity contribution < 1.29 is 9.59 Å². The molecule has 0 saturated carbocycles. The van der Waals surface area contributed by atoms with Gasteiger partial charge in [0.25, 0.3) is 0 Å². The van der Waals surface area contributed by atoms with Crippen molar-refractivity contribution in [3.8, 4) is 0 Å². The highest BCUT2D eigenvalue weighted by Crippen LogP contribution is 2.35. The maximum atomic E-state index is 12.3. The van der Waals surface area contributed by atoms with Crippen molar-refractivity contribution in [3.63, 3.8) is 0 Å². The van der Waals surface area contributed by atoms with E-state index in [-0.39, 0.29) is 11.1 Å². The molecule has 1 N–H and O–H groups in total. The number of piperidine rings is 1. The van der Waals surface area contributed by atoms with Crippen molar-refractivity contribution in [2.24, 2.45) is 5.92 Å². The Morgan fingerprint density at radius 1 is 0.833 bits per heavy atom. The highest BCUT2D eigenvalue weighted by molar-refractivity contribution is 5.78. The minimum Gasteiger partial charge on any atom is -0.307 e. The third-order valence-electron chi connectivity index (χ3n) is 5.03. The number of unbranched alkanes of at least 4 members (excludes halogenated alkanes) is 5. The number of rotatable bonds is 11. The third-order valence-corrected chi connectivity index (χ3v) is 5.03. The quantitative estimate of drug-likeness (QED) is 0.526. The normalized spacial score (nSPS) is 20.0. The average Bonchev–Trinajstić information content (AvgIpc) is 2.37. The summed E-state index contributed by atoms with van der Waals surface area (Å²) >= 11 is 0. The fourth-order valence-electron chi connectivity index (χ4n) is 4.51. The molecule has 1 rings (SSSR count). The second kappa shape index (κ2) is 9.70. The maximum absolute atomic E-state index is 12.3. The van der Waals surface area contributed by atoms with E-state index in [1.165, 1.54) is 12.8 Å². The number of nitrogens with one attached hydrogen (secondary N) is 1. The molecule has 1 fully saturated rings. The van der Waals surface area contributed by atoms with Gasteiger partial charge in [-0.05, 0) is 66.2 Å². The molecular formula is C21H39NO2. The lowest BCUT2D eigenvalue weighted by molar-refractivity contribution is -0.120. The van der Waals surface area contributed by atoms with Crippen LogP contribution in [0.15, 0.2) is 0 Å². The lowest BCUT2D eigenvalue weighted by Gasteiger charge is -2.46. The average molecular weight is 338 g/mol. The topological polar surface area (TPSA) is 46.2 Å². The first kappa shape index (κ1) is 21.3. The van der Waals surface area contributed by atoms with Crippen LogP contribution in [0.4, 0.5) is 0 Å². The molecule has 1 aliphatic rings. The zero-order chi connectivity index (χ0) is 18.2. The Kier molecular flexibility index (Phi) is 8.62. The van der Waals surface area contributed by atoms with Gasteiger partial charge in [0, 0.05) is 30.3 Å².